The molecule has 0 saturated heterocycles. The third kappa shape index (κ3) is 4.84. The van der Waals surface area contributed by atoms with E-state index in [9.17, 15) is 0 Å². The molecule has 0 fully saturated rings. The molecule has 3 heteroatoms. The first-order chi connectivity index (χ1) is 2.41. The van der Waals surface area contributed by atoms with Crippen LogP contribution in [0.15, 0.2) is 0 Å². The van der Waals surface area contributed by atoms with Gasteiger partial charge >= 0.3 is 44.7 Å². The van der Waals surface area contributed by atoms with Gasteiger partial charge in [0.25, 0.3) is 0 Å². The molecule has 0 rings (SSSR count). The van der Waals surface area contributed by atoms with Crippen molar-refractivity contribution >= 4 is 25.1 Å². The fourth-order valence-electron chi connectivity index (χ4n) is 0.0833. The Bertz CT molecular complexity index is 15.1. The molecule has 0 unspecified atom stereocenters. The first kappa shape index (κ1) is 5.84. The molecule has 0 aromatic heterocycles. The van der Waals surface area contributed by atoms with E-state index in [0.29, 0.717) is 0 Å². The topological polar surface area (TPSA) is 18.5 Å². The summed E-state index contributed by atoms with van der Waals surface area (Å²) in [4.78, 5) is 0. The number of rotatable bonds is 2. The van der Waals surface area contributed by atoms with Gasteiger partial charge in [0.1, 0.15) is 0 Å². The van der Waals surface area contributed by atoms with Crippen LogP contribution in [0.1, 0.15) is 0 Å². The second-order valence-electron chi connectivity index (χ2n) is 0.492. The van der Waals surface area contributed by atoms with E-state index in [1.54, 1.807) is 14.2 Å². The quantitative estimate of drug-likeness (QED) is 0.647. The molecular formula is C2H6O2Pb+2. The molecule has 0 spiro atoms. The molecule has 0 aliphatic rings. The Morgan fingerprint density at radius 1 is 1.20 bits per heavy atom. The van der Waals surface area contributed by atoms with Crippen LogP contribution in [0.5, 0.6) is 0 Å². The van der Waals surface area contributed by atoms with Crippen molar-refractivity contribution in [1.29, 1.82) is 0 Å². The van der Waals surface area contributed by atoms with E-state index in [-0.39, 0.29) is 0 Å². The number of hydrogen-bond donors (Lipinski definition) is 0. The van der Waals surface area contributed by atoms with Crippen LogP contribution < -0.4 is 0 Å². The van der Waals surface area contributed by atoms with E-state index in [1.807, 2.05) is 0 Å². The van der Waals surface area contributed by atoms with Crippen LogP contribution in [0.3, 0.4) is 0 Å². The molecule has 0 saturated carbocycles. The zero-order chi connectivity index (χ0) is 4.12. The summed E-state index contributed by atoms with van der Waals surface area (Å²) in [6.07, 6.45) is 0. The van der Waals surface area contributed by atoms with Crippen molar-refractivity contribution in [3.8, 4) is 0 Å². The zero-order valence-corrected chi connectivity index (χ0v) is 7.20. The molecule has 0 amide bonds. The molecule has 0 atom stereocenters. The van der Waals surface area contributed by atoms with Crippen molar-refractivity contribution in [2.75, 3.05) is 14.2 Å². The van der Waals surface area contributed by atoms with E-state index in [0.717, 1.165) is 0 Å². The first-order valence-corrected chi connectivity index (χ1v) is 4.40. The predicted octanol–water partition coefficient (Wildman–Crippen LogP) is -0.187. The van der Waals surface area contributed by atoms with Crippen molar-refractivity contribution in [1.82, 2.24) is 0 Å². The zero-order valence-electron chi connectivity index (χ0n) is 3.32. The summed E-state index contributed by atoms with van der Waals surface area (Å²) in [5, 5.41) is 0. The van der Waals surface area contributed by atoms with Gasteiger partial charge in [0, 0.05) is 0 Å². The molecule has 0 heterocycles. The van der Waals surface area contributed by atoms with Crippen LogP contribution in [0.2, 0.25) is 0 Å². The molecule has 0 aliphatic heterocycles. The molecule has 2 nitrogen and oxygen atoms in total. The third-order valence-corrected chi connectivity index (χ3v) is 1.46. The van der Waals surface area contributed by atoms with Gasteiger partial charge in [-0.25, -0.2) is 0 Å². The van der Waals surface area contributed by atoms with Gasteiger partial charge < -0.3 is 0 Å². The summed E-state index contributed by atoms with van der Waals surface area (Å²) in [5.41, 5.74) is 0. The molecule has 0 aliphatic carbocycles. The van der Waals surface area contributed by atoms with Crippen LogP contribution >= 0.6 is 0 Å². The van der Waals surface area contributed by atoms with Gasteiger partial charge in [-0.3, -0.25) is 0 Å². The van der Waals surface area contributed by atoms with Crippen molar-refractivity contribution < 1.29 is 5.37 Å². The van der Waals surface area contributed by atoms with Crippen molar-refractivity contribution in [3.63, 3.8) is 0 Å². The summed E-state index contributed by atoms with van der Waals surface area (Å²) in [6.45, 7) is 0. The average Bonchev–Trinajstić information content (AvgIpc) is 1.41. The van der Waals surface area contributed by atoms with Gasteiger partial charge in [-0.15, -0.1) is 0 Å². The SMILES string of the molecule is C[O][Pb+2][O]C. The summed E-state index contributed by atoms with van der Waals surface area (Å²) in [5.74, 6) is 0. The number of hydrogen-bond acceptors (Lipinski definition) is 2. The van der Waals surface area contributed by atoms with E-state index in [1.165, 1.54) is 0 Å². The Hall–Kier alpha value is 0.842. The fourth-order valence-corrected chi connectivity index (χ4v) is 0.731. The van der Waals surface area contributed by atoms with Crippen LogP contribution in [0.25, 0.3) is 0 Å². The van der Waals surface area contributed by atoms with Crippen LogP contribution in [0, 0.1) is 0 Å². The van der Waals surface area contributed by atoms with E-state index in [4.69, 9.17) is 0 Å². The summed E-state index contributed by atoms with van der Waals surface area (Å²) in [6, 6.07) is 0. The minimum atomic E-state index is -0.951. The maximum atomic E-state index is 4.66. The summed E-state index contributed by atoms with van der Waals surface area (Å²) < 4.78 is 9.33. The van der Waals surface area contributed by atoms with Gasteiger partial charge in [0.15, 0.2) is 0 Å². The molecule has 0 aromatic rings. The monoisotopic (exact) mass is 270 g/mol. The summed E-state index contributed by atoms with van der Waals surface area (Å²) >= 11 is -0.951. The predicted molar refractivity (Wildman–Crippen MR) is 19.8 cm³/mol. The van der Waals surface area contributed by atoms with E-state index >= 15 is 0 Å². The Morgan fingerprint density at radius 3 is 1.60 bits per heavy atom. The van der Waals surface area contributed by atoms with Crippen LogP contribution in [-0.2, 0) is 5.37 Å². The molecule has 5 heavy (non-hydrogen) atoms. The fraction of sp³-hybridized carbons (Fsp3) is 1.00. The Labute approximate surface area is 45.0 Å². The summed E-state index contributed by atoms with van der Waals surface area (Å²) in [7, 11) is 3.35. The van der Waals surface area contributed by atoms with E-state index < -0.39 is 25.1 Å². The Morgan fingerprint density at radius 2 is 1.60 bits per heavy atom. The van der Waals surface area contributed by atoms with Gasteiger partial charge in [-0.1, -0.05) is 0 Å². The van der Waals surface area contributed by atoms with Crippen molar-refractivity contribution in [3.05, 3.63) is 0 Å². The molecule has 28 valence electrons. The maximum absolute atomic E-state index is 4.66. The minimum absolute atomic E-state index is 0.951. The van der Waals surface area contributed by atoms with Gasteiger partial charge in [-0.05, 0) is 0 Å². The third-order valence-electron chi connectivity index (χ3n) is 0.167. The Balaban J connectivity index is 2.19. The average molecular weight is 269 g/mol. The van der Waals surface area contributed by atoms with Crippen LogP contribution in [-0.4, -0.2) is 39.4 Å². The molecule has 0 radical (unpaired) electrons. The van der Waals surface area contributed by atoms with Gasteiger partial charge in [-0.2, -0.15) is 0 Å². The molecule has 0 N–H and O–H groups in total. The van der Waals surface area contributed by atoms with Gasteiger partial charge in [0.05, 0.1) is 0 Å². The standard InChI is InChI=1S/2CH3O.Pb/c2*1-2;/h2*1H3;/q2*-1;+4. The van der Waals surface area contributed by atoms with Crippen molar-refractivity contribution in [2.24, 2.45) is 0 Å². The van der Waals surface area contributed by atoms with E-state index in [2.05, 4.69) is 5.37 Å². The van der Waals surface area contributed by atoms with Gasteiger partial charge in [0.2, 0.25) is 0 Å². The molecule has 0 aromatic carbocycles. The second-order valence-corrected chi connectivity index (χ2v) is 4.31. The van der Waals surface area contributed by atoms with Crippen LogP contribution in [0.4, 0.5) is 0 Å². The van der Waals surface area contributed by atoms with Crippen molar-refractivity contribution in [2.45, 2.75) is 0 Å². The normalized spacial score (nSPS) is 6.80. The first-order valence-electron chi connectivity index (χ1n) is 1.22. The Kier molecular flexibility index (Phi) is 5.66. The molecule has 0 bridgehead atoms. The molecular weight excluding hydrogens is 263 g/mol. The second kappa shape index (κ2) is 4.84.